The van der Waals surface area contributed by atoms with Crippen molar-refractivity contribution in [1.82, 2.24) is 9.80 Å². The molecule has 2 unspecified atom stereocenters. The first-order valence-corrected chi connectivity index (χ1v) is 15.2. The molecule has 4 saturated heterocycles. The van der Waals surface area contributed by atoms with Crippen LogP contribution < -0.4 is 9.80 Å². The zero-order valence-corrected chi connectivity index (χ0v) is 22.8. The van der Waals surface area contributed by atoms with Gasteiger partial charge in [0.05, 0.1) is 5.92 Å². The number of rotatable bonds is 5. The number of carbonyl (C=O) groups is 1. The van der Waals surface area contributed by atoms with Gasteiger partial charge in [0.1, 0.15) is 0 Å². The van der Waals surface area contributed by atoms with E-state index in [1.54, 1.807) is 0 Å². The van der Waals surface area contributed by atoms with Crippen LogP contribution in [0.5, 0.6) is 0 Å². The lowest BCUT2D eigenvalue weighted by molar-refractivity contribution is -0.128. The van der Waals surface area contributed by atoms with Gasteiger partial charge in [-0.1, -0.05) is 19.3 Å². The normalized spacial score (nSPS) is 32.9. The Morgan fingerprint density at radius 3 is 2.47 bits per heavy atom. The molecule has 1 aliphatic carbocycles. The SMILES string of the molecule is Cc1cc(N2CC[C@H](N3CCC[C@@H]3C)C2)ccc1N1CCC2CCN(CC3CCCCC3)CC2C1=O. The van der Waals surface area contributed by atoms with Gasteiger partial charge in [0, 0.05) is 56.2 Å². The fraction of sp³-hybridized carbons (Fsp3) is 0.774. The fourth-order valence-electron chi connectivity index (χ4n) is 8.32. The smallest absolute Gasteiger partial charge is 0.231 e. The zero-order valence-electron chi connectivity index (χ0n) is 22.8. The van der Waals surface area contributed by atoms with Crippen molar-refractivity contribution in [3.8, 4) is 0 Å². The van der Waals surface area contributed by atoms with Crippen LogP contribution in [0.25, 0.3) is 0 Å². The largest absolute Gasteiger partial charge is 0.370 e. The Morgan fingerprint density at radius 2 is 1.69 bits per heavy atom. The molecule has 0 radical (unpaired) electrons. The molecule has 198 valence electrons. The second kappa shape index (κ2) is 10.6. The van der Waals surface area contributed by atoms with E-state index in [4.69, 9.17) is 0 Å². The fourth-order valence-corrected chi connectivity index (χ4v) is 8.32. The number of hydrogen-bond donors (Lipinski definition) is 0. The molecule has 5 aliphatic rings. The van der Waals surface area contributed by atoms with Gasteiger partial charge < -0.3 is 14.7 Å². The summed E-state index contributed by atoms with van der Waals surface area (Å²) in [5.74, 6) is 2.03. The third-order valence-corrected chi connectivity index (χ3v) is 10.5. The third-order valence-electron chi connectivity index (χ3n) is 10.5. The van der Waals surface area contributed by atoms with E-state index in [0.29, 0.717) is 17.9 Å². The molecule has 1 amide bonds. The van der Waals surface area contributed by atoms with Crippen LogP contribution in [-0.2, 0) is 4.79 Å². The third kappa shape index (κ3) is 4.95. The Labute approximate surface area is 219 Å². The number of fused-ring (bicyclic) bond motifs is 1. The highest BCUT2D eigenvalue weighted by Crippen LogP contribution is 2.38. The van der Waals surface area contributed by atoms with Crippen LogP contribution >= 0.6 is 0 Å². The van der Waals surface area contributed by atoms with Crippen molar-refractivity contribution in [2.75, 3.05) is 55.6 Å². The van der Waals surface area contributed by atoms with Crippen LogP contribution in [0.2, 0.25) is 0 Å². The average Bonchev–Trinajstić information content (AvgIpc) is 3.55. The summed E-state index contributed by atoms with van der Waals surface area (Å²) in [5, 5.41) is 0. The first kappa shape index (κ1) is 24.7. The monoisotopic (exact) mass is 492 g/mol. The van der Waals surface area contributed by atoms with E-state index >= 15 is 0 Å². The van der Waals surface area contributed by atoms with E-state index < -0.39 is 0 Å². The summed E-state index contributed by atoms with van der Waals surface area (Å²) in [6.07, 6.45) is 13.4. The van der Waals surface area contributed by atoms with E-state index in [-0.39, 0.29) is 5.92 Å². The van der Waals surface area contributed by atoms with E-state index in [1.807, 2.05) is 0 Å². The second-order valence-electron chi connectivity index (χ2n) is 12.8. The van der Waals surface area contributed by atoms with Crippen molar-refractivity contribution in [1.29, 1.82) is 0 Å². The Bertz CT molecular complexity index is 927. The molecule has 0 N–H and O–H groups in total. The van der Waals surface area contributed by atoms with E-state index in [0.717, 1.165) is 50.2 Å². The predicted octanol–water partition coefficient (Wildman–Crippen LogP) is 5.31. The maximum Gasteiger partial charge on any atom is 0.231 e. The zero-order chi connectivity index (χ0) is 24.6. The second-order valence-corrected chi connectivity index (χ2v) is 12.8. The summed E-state index contributed by atoms with van der Waals surface area (Å²) in [4.78, 5) is 23.9. The molecule has 36 heavy (non-hydrogen) atoms. The molecule has 4 atom stereocenters. The van der Waals surface area contributed by atoms with Gasteiger partial charge in [-0.2, -0.15) is 0 Å². The van der Waals surface area contributed by atoms with Crippen molar-refractivity contribution in [3.63, 3.8) is 0 Å². The summed E-state index contributed by atoms with van der Waals surface area (Å²) in [6.45, 7) is 12.5. The molecule has 5 fully saturated rings. The molecule has 5 nitrogen and oxygen atoms in total. The lowest BCUT2D eigenvalue weighted by atomic mass is 9.78. The molecular weight excluding hydrogens is 444 g/mol. The molecule has 4 heterocycles. The molecule has 0 spiro atoms. The maximum absolute atomic E-state index is 13.8. The van der Waals surface area contributed by atoms with Crippen molar-refractivity contribution in [2.24, 2.45) is 17.8 Å². The number of piperidine rings is 2. The van der Waals surface area contributed by atoms with Crippen LogP contribution in [-0.4, -0.2) is 73.6 Å². The van der Waals surface area contributed by atoms with Gasteiger partial charge in [0.2, 0.25) is 5.91 Å². The van der Waals surface area contributed by atoms with E-state index in [1.165, 1.54) is 88.7 Å². The van der Waals surface area contributed by atoms with E-state index in [2.05, 4.69) is 51.6 Å². The number of aryl methyl sites for hydroxylation is 1. The summed E-state index contributed by atoms with van der Waals surface area (Å²) in [7, 11) is 0. The highest BCUT2D eigenvalue weighted by atomic mass is 16.2. The van der Waals surface area contributed by atoms with Gasteiger partial charge in [-0.05, 0) is 107 Å². The quantitative estimate of drug-likeness (QED) is 0.557. The number of nitrogens with zero attached hydrogens (tertiary/aromatic N) is 4. The highest BCUT2D eigenvalue weighted by Gasteiger charge is 2.41. The van der Waals surface area contributed by atoms with Crippen LogP contribution in [0, 0.1) is 24.7 Å². The number of amides is 1. The number of carbonyl (C=O) groups excluding carboxylic acids is 1. The van der Waals surface area contributed by atoms with Crippen LogP contribution in [0.3, 0.4) is 0 Å². The van der Waals surface area contributed by atoms with Gasteiger partial charge >= 0.3 is 0 Å². The number of hydrogen-bond acceptors (Lipinski definition) is 4. The Kier molecular flexibility index (Phi) is 7.31. The Hall–Kier alpha value is -1.59. The van der Waals surface area contributed by atoms with Crippen molar-refractivity contribution < 1.29 is 4.79 Å². The van der Waals surface area contributed by atoms with Gasteiger partial charge in [-0.15, -0.1) is 0 Å². The molecule has 1 saturated carbocycles. The molecule has 0 bridgehead atoms. The lowest BCUT2D eigenvalue weighted by Gasteiger charge is -2.45. The highest BCUT2D eigenvalue weighted by molar-refractivity contribution is 5.97. The van der Waals surface area contributed by atoms with Crippen molar-refractivity contribution >= 4 is 17.3 Å². The summed E-state index contributed by atoms with van der Waals surface area (Å²) < 4.78 is 0. The predicted molar refractivity (Wildman–Crippen MR) is 149 cm³/mol. The standard InChI is InChI=1S/C31H48N4O/c1-23-19-27(33-17-14-28(21-33)34-15-6-7-24(34)2)10-11-30(23)35-18-13-26-12-16-32(22-29(26)31(35)36)20-25-8-4-3-5-9-25/h10-11,19,24-26,28-29H,3-9,12-18,20-22H2,1-2H3/t24-,26?,28-,29?/m0/s1. The molecular formula is C31H48N4O. The molecule has 1 aromatic carbocycles. The van der Waals surface area contributed by atoms with Gasteiger partial charge in [-0.25, -0.2) is 0 Å². The topological polar surface area (TPSA) is 30.0 Å². The van der Waals surface area contributed by atoms with Crippen LogP contribution in [0.15, 0.2) is 18.2 Å². The van der Waals surface area contributed by atoms with E-state index in [9.17, 15) is 4.79 Å². The molecule has 1 aromatic rings. The maximum atomic E-state index is 13.8. The lowest BCUT2D eigenvalue weighted by Crippen LogP contribution is -2.54. The minimum atomic E-state index is 0.192. The first-order chi connectivity index (χ1) is 17.6. The average molecular weight is 493 g/mol. The van der Waals surface area contributed by atoms with Gasteiger partial charge in [-0.3, -0.25) is 9.69 Å². The first-order valence-electron chi connectivity index (χ1n) is 15.2. The Balaban J connectivity index is 1.10. The molecule has 5 heteroatoms. The van der Waals surface area contributed by atoms with Crippen LogP contribution in [0.4, 0.5) is 11.4 Å². The van der Waals surface area contributed by atoms with Gasteiger partial charge in [0.25, 0.3) is 0 Å². The van der Waals surface area contributed by atoms with Crippen molar-refractivity contribution in [3.05, 3.63) is 23.8 Å². The molecule has 0 aromatic heterocycles. The number of likely N-dealkylation sites (tertiary alicyclic amines) is 2. The molecule has 6 rings (SSSR count). The number of anilines is 2. The van der Waals surface area contributed by atoms with Crippen molar-refractivity contribution in [2.45, 2.75) is 90.1 Å². The van der Waals surface area contributed by atoms with Gasteiger partial charge in [0.15, 0.2) is 0 Å². The minimum absolute atomic E-state index is 0.192. The summed E-state index contributed by atoms with van der Waals surface area (Å²) >= 11 is 0. The number of benzene rings is 1. The Morgan fingerprint density at radius 1 is 0.861 bits per heavy atom. The molecule has 4 aliphatic heterocycles. The van der Waals surface area contributed by atoms with Crippen LogP contribution in [0.1, 0.15) is 76.7 Å². The summed E-state index contributed by atoms with van der Waals surface area (Å²) in [6, 6.07) is 8.32. The minimum Gasteiger partial charge on any atom is -0.370 e. The summed E-state index contributed by atoms with van der Waals surface area (Å²) in [5.41, 5.74) is 3.74.